The van der Waals surface area contributed by atoms with Gasteiger partial charge in [0.2, 0.25) is 0 Å². The van der Waals surface area contributed by atoms with Crippen molar-refractivity contribution in [3.8, 4) is 0 Å². The van der Waals surface area contributed by atoms with Crippen LogP contribution in [0.5, 0.6) is 0 Å². The van der Waals surface area contributed by atoms with Gasteiger partial charge in [-0.1, -0.05) is 17.7 Å². The minimum Gasteiger partial charge on any atom is -0.397 e. The van der Waals surface area contributed by atoms with Crippen molar-refractivity contribution in [3.63, 3.8) is 0 Å². The van der Waals surface area contributed by atoms with E-state index in [2.05, 4.69) is 4.98 Å². The molecule has 2 aromatic rings. The molecule has 2 N–H and O–H groups in total. The van der Waals surface area contributed by atoms with Crippen LogP contribution in [0.4, 0.5) is 10.1 Å². The zero-order valence-corrected chi connectivity index (χ0v) is 10.4. The second-order valence-electron chi connectivity index (χ2n) is 3.47. The average Bonchev–Trinajstić information content (AvgIpc) is 2.33. The van der Waals surface area contributed by atoms with Crippen molar-refractivity contribution in [2.24, 2.45) is 0 Å². The highest BCUT2D eigenvalue weighted by Crippen LogP contribution is 2.24. The summed E-state index contributed by atoms with van der Waals surface area (Å²) in [6.45, 7) is 0. The second kappa shape index (κ2) is 5.38. The number of hydrogen-bond donors (Lipinski definition) is 1. The SMILES string of the molecule is Nc1ccc(SCc2ccc(F)c(Cl)c2)nc1. The Kier molecular flexibility index (Phi) is 3.86. The predicted molar refractivity (Wildman–Crippen MR) is 69.6 cm³/mol. The molecule has 1 aromatic carbocycles. The van der Waals surface area contributed by atoms with Gasteiger partial charge in [-0.3, -0.25) is 0 Å². The van der Waals surface area contributed by atoms with Gasteiger partial charge in [0.25, 0.3) is 0 Å². The average molecular weight is 269 g/mol. The molecule has 88 valence electrons. The number of halogens is 2. The van der Waals surface area contributed by atoms with Crippen molar-refractivity contribution in [1.29, 1.82) is 0 Å². The Morgan fingerprint density at radius 2 is 2.12 bits per heavy atom. The second-order valence-corrected chi connectivity index (χ2v) is 4.87. The van der Waals surface area contributed by atoms with E-state index < -0.39 is 5.82 Å². The Bertz CT molecular complexity index is 516. The summed E-state index contributed by atoms with van der Waals surface area (Å²) in [5, 5.41) is 1.02. The molecule has 1 heterocycles. The zero-order chi connectivity index (χ0) is 12.3. The van der Waals surface area contributed by atoms with Crippen molar-refractivity contribution in [2.75, 3.05) is 5.73 Å². The largest absolute Gasteiger partial charge is 0.397 e. The van der Waals surface area contributed by atoms with Gasteiger partial charge in [-0.05, 0) is 29.8 Å². The van der Waals surface area contributed by atoms with Crippen LogP contribution in [0.25, 0.3) is 0 Å². The molecule has 0 unspecified atom stereocenters. The van der Waals surface area contributed by atoms with Gasteiger partial charge < -0.3 is 5.73 Å². The van der Waals surface area contributed by atoms with E-state index in [0.717, 1.165) is 10.6 Å². The van der Waals surface area contributed by atoms with Crippen LogP contribution >= 0.6 is 23.4 Å². The minimum absolute atomic E-state index is 0.147. The van der Waals surface area contributed by atoms with Crippen molar-refractivity contribution < 1.29 is 4.39 Å². The summed E-state index contributed by atoms with van der Waals surface area (Å²) in [4.78, 5) is 4.16. The lowest BCUT2D eigenvalue weighted by Gasteiger charge is -2.03. The van der Waals surface area contributed by atoms with Crippen LogP contribution in [0.15, 0.2) is 41.6 Å². The molecule has 17 heavy (non-hydrogen) atoms. The molecule has 0 fully saturated rings. The molecule has 0 amide bonds. The number of aromatic nitrogens is 1. The van der Waals surface area contributed by atoms with Crippen molar-refractivity contribution in [2.45, 2.75) is 10.8 Å². The van der Waals surface area contributed by atoms with E-state index >= 15 is 0 Å². The first-order valence-corrected chi connectivity index (χ1v) is 6.30. The molecular weight excluding hydrogens is 259 g/mol. The van der Waals surface area contributed by atoms with Crippen LogP contribution in [-0.2, 0) is 5.75 Å². The summed E-state index contributed by atoms with van der Waals surface area (Å²) in [5.74, 6) is 0.294. The molecule has 2 rings (SSSR count). The maximum Gasteiger partial charge on any atom is 0.141 e. The summed E-state index contributed by atoms with van der Waals surface area (Å²) in [6, 6.07) is 8.36. The number of pyridine rings is 1. The minimum atomic E-state index is -0.397. The Hall–Kier alpha value is -1.26. The Morgan fingerprint density at radius 1 is 1.29 bits per heavy atom. The third kappa shape index (κ3) is 3.35. The number of anilines is 1. The van der Waals surface area contributed by atoms with Gasteiger partial charge in [-0.25, -0.2) is 9.37 Å². The molecule has 0 aliphatic rings. The van der Waals surface area contributed by atoms with Crippen molar-refractivity contribution >= 4 is 29.1 Å². The lowest BCUT2D eigenvalue weighted by atomic mass is 10.2. The fourth-order valence-electron chi connectivity index (χ4n) is 1.26. The molecule has 0 saturated carbocycles. The summed E-state index contributed by atoms with van der Waals surface area (Å²) in [7, 11) is 0. The molecule has 5 heteroatoms. The molecule has 0 radical (unpaired) electrons. The lowest BCUT2D eigenvalue weighted by molar-refractivity contribution is 0.628. The molecule has 0 atom stereocenters. The van der Waals surface area contributed by atoms with E-state index in [1.54, 1.807) is 36.2 Å². The zero-order valence-electron chi connectivity index (χ0n) is 8.86. The van der Waals surface area contributed by atoms with Gasteiger partial charge >= 0.3 is 0 Å². The maximum absolute atomic E-state index is 12.9. The number of nitrogens with two attached hydrogens (primary N) is 1. The number of nitrogen functional groups attached to an aromatic ring is 1. The third-order valence-corrected chi connectivity index (χ3v) is 3.43. The topological polar surface area (TPSA) is 38.9 Å². The van der Waals surface area contributed by atoms with Gasteiger partial charge in [0, 0.05) is 5.75 Å². The van der Waals surface area contributed by atoms with E-state index in [9.17, 15) is 4.39 Å². The fourth-order valence-corrected chi connectivity index (χ4v) is 2.25. The van der Waals surface area contributed by atoms with Gasteiger partial charge in [0.05, 0.1) is 21.9 Å². The Labute approximate surface area is 108 Å². The Balaban J connectivity index is 2.02. The summed E-state index contributed by atoms with van der Waals surface area (Å²) in [5.41, 5.74) is 7.14. The maximum atomic E-state index is 12.9. The van der Waals surface area contributed by atoms with Crippen LogP contribution in [-0.4, -0.2) is 4.98 Å². The quantitative estimate of drug-likeness (QED) is 0.862. The van der Waals surface area contributed by atoms with Gasteiger partial charge in [0.15, 0.2) is 0 Å². The van der Waals surface area contributed by atoms with E-state index in [1.165, 1.54) is 6.07 Å². The van der Waals surface area contributed by atoms with E-state index in [0.29, 0.717) is 11.4 Å². The summed E-state index contributed by atoms with van der Waals surface area (Å²) < 4.78 is 12.9. The predicted octanol–water partition coefficient (Wildman–Crippen LogP) is 3.75. The number of nitrogens with zero attached hydrogens (tertiary/aromatic N) is 1. The molecule has 0 aliphatic heterocycles. The van der Waals surface area contributed by atoms with Crippen LogP contribution in [0, 0.1) is 5.82 Å². The van der Waals surface area contributed by atoms with E-state index in [4.69, 9.17) is 17.3 Å². The van der Waals surface area contributed by atoms with Crippen molar-refractivity contribution in [3.05, 3.63) is 52.9 Å². The first kappa shape index (κ1) is 12.2. The van der Waals surface area contributed by atoms with Crippen LogP contribution < -0.4 is 5.73 Å². The number of benzene rings is 1. The first-order chi connectivity index (χ1) is 8.15. The third-order valence-electron chi connectivity index (χ3n) is 2.13. The molecule has 0 saturated heterocycles. The van der Waals surface area contributed by atoms with Gasteiger partial charge in [-0.2, -0.15) is 0 Å². The van der Waals surface area contributed by atoms with Crippen LogP contribution in [0.1, 0.15) is 5.56 Å². The summed E-state index contributed by atoms with van der Waals surface area (Å²) in [6.07, 6.45) is 1.61. The lowest BCUT2D eigenvalue weighted by Crippen LogP contribution is -1.88. The number of rotatable bonds is 3. The first-order valence-electron chi connectivity index (χ1n) is 4.93. The highest BCUT2D eigenvalue weighted by atomic mass is 35.5. The Morgan fingerprint density at radius 3 is 2.76 bits per heavy atom. The molecule has 0 bridgehead atoms. The van der Waals surface area contributed by atoms with Crippen LogP contribution in [0.3, 0.4) is 0 Å². The molecule has 1 aromatic heterocycles. The monoisotopic (exact) mass is 268 g/mol. The standard InChI is InChI=1S/C12H10ClFN2S/c13-10-5-8(1-3-11(10)14)7-17-12-4-2-9(15)6-16-12/h1-6H,7,15H2. The molecular formula is C12H10ClFN2S. The number of hydrogen-bond acceptors (Lipinski definition) is 3. The molecule has 0 aliphatic carbocycles. The van der Waals surface area contributed by atoms with Gasteiger partial charge in [-0.15, -0.1) is 11.8 Å². The van der Waals surface area contributed by atoms with E-state index in [1.807, 2.05) is 6.07 Å². The van der Waals surface area contributed by atoms with E-state index in [-0.39, 0.29) is 5.02 Å². The normalized spacial score (nSPS) is 10.5. The number of thioether (sulfide) groups is 1. The van der Waals surface area contributed by atoms with Crippen LogP contribution in [0.2, 0.25) is 5.02 Å². The van der Waals surface area contributed by atoms with Crippen molar-refractivity contribution in [1.82, 2.24) is 4.98 Å². The highest BCUT2D eigenvalue weighted by molar-refractivity contribution is 7.98. The smallest absolute Gasteiger partial charge is 0.141 e. The molecule has 0 spiro atoms. The highest BCUT2D eigenvalue weighted by Gasteiger charge is 2.02. The fraction of sp³-hybridized carbons (Fsp3) is 0.0833. The summed E-state index contributed by atoms with van der Waals surface area (Å²) >= 11 is 7.25. The van der Waals surface area contributed by atoms with Gasteiger partial charge in [0.1, 0.15) is 5.82 Å². The molecule has 2 nitrogen and oxygen atoms in total.